The van der Waals surface area contributed by atoms with E-state index in [4.69, 9.17) is 28.3 Å². The lowest BCUT2D eigenvalue weighted by molar-refractivity contribution is -0.136. The van der Waals surface area contributed by atoms with Gasteiger partial charge in [0.15, 0.2) is 0 Å². The van der Waals surface area contributed by atoms with Crippen LogP contribution in [0.2, 0.25) is 10.0 Å². The number of aromatic nitrogens is 1. The van der Waals surface area contributed by atoms with Crippen LogP contribution >= 0.6 is 23.2 Å². The Labute approximate surface area is 93.6 Å². The Balaban J connectivity index is 3.18. The third-order valence-electron chi connectivity index (χ3n) is 1.54. The zero-order valence-corrected chi connectivity index (χ0v) is 8.69. The van der Waals surface area contributed by atoms with Crippen LogP contribution in [0.3, 0.4) is 0 Å². The normalized spacial score (nSPS) is 10.7. The van der Waals surface area contributed by atoms with Crippen molar-refractivity contribution in [3.8, 4) is 0 Å². The van der Waals surface area contributed by atoms with Crippen molar-refractivity contribution in [3.05, 3.63) is 27.5 Å². The van der Waals surface area contributed by atoms with Gasteiger partial charge in [-0.25, -0.2) is 13.8 Å². The predicted octanol–water partition coefficient (Wildman–Crippen LogP) is 2.95. The Kier molecular flexibility index (Phi) is 3.82. The number of pyridine rings is 1. The van der Waals surface area contributed by atoms with Crippen LogP contribution < -0.4 is 0 Å². The fourth-order valence-corrected chi connectivity index (χ4v) is 1.32. The summed E-state index contributed by atoms with van der Waals surface area (Å²) < 4.78 is 24.6. The van der Waals surface area contributed by atoms with Crippen molar-refractivity contribution in [2.45, 2.75) is 12.8 Å². The van der Waals surface area contributed by atoms with Crippen LogP contribution in [-0.2, 0) is 11.2 Å². The smallest absolute Gasteiger partial charge is 0.309 e. The molecular formula is C8H5Cl2F2NO2. The second-order valence-electron chi connectivity index (χ2n) is 2.66. The Hall–Kier alpha value is -0.940. The number of nitrogens with zero attached hydrogens (tertiary/aromatic N) is 1. The Morgan fingerprint density at radius 1 is 1.53 bits per heavy atom. The number of carbonyl (C=O) groups is 1. The van der Waals surface area contributed by atoms with Crippen LogP contribution in [0, 0.1) is 0 Å². The van der Waals surface area contributed by atoms with Crippen molar-refractivity contribution >= 4 is 29.2 Å². The summed E-state index contributed by atoms with van der Waals surface area (Å²) in [6.07, 6.45) is -3.36. The molecule has 0 aliphatic carbocycles. The molecule has 0 aliphatic heterocycles. The molecule has 0 bridgehead atoms. The highest BCUT2D eigenvalue weighted by atomic mass is 35.5. The molecule has 0 amide bonds. The molecule has 3 nitrogen and oxygen atoms in total. The zero-order valence-electron chi connectivity index (χ0n) is 7.18. The highest BCUT2D eigenvalue weighted by Crippen LogP contribution is 2.29. The first-order chi connectivity index (χ1) is 6.91. The zero-order chi connectivity index (χ0) is 11.6. The molecule has 0 spiro atoms. The van der Waals surface area contributed by atoms with Gasteiger partial charge < -0.3 is 5.11 Å². The molecule has 1 aromatic heterocycles. The van der Waals surface area contributed by atoms with Gasteiger partial charge >= 0.3 is 5.97 Å². The van der Waals surface area contributed by atoms with E-state index in [0.29, 0.717) is 0 Å². The first kappa shape index (κ1) is 12.1. The lowest BCUT2D eigenvalue weighted by Crippen LogP contribution is -2.05. The van der Waals surface area contributed by atoms with E-state index in [-0.39, 0.29) is 15.7 Å². The molecule has 0 saturated heterocycles. The van der Waals surface area contributed by atoms with E-state index >= 15 is 0 Å². The molecule has 0 unspecified atom stereocenters. The van der Waals surface area contributed by atoms with Crippen LogP contribution in [0.1, 0.15) is 17.8 Å². The minimum absolute atomic E-state index is 0.108. The van der Waals surface area contributed by atoms with Gasteiger partial charge in [-0.15, -0.1) is 0 Å². The number of carboxylic acids is 1. The maximum atomic E-state index is 12.3. The van der Waals surface area contributed by atoms with Crippen LogP contribution in [0.5, 0.6) is 0 Å². The average molecular weight is 256 g/mol. The van der Waals surface area contributed by atoms with Gasteiger partial charge in [0, 0.05) is 0 Å². The van der Waals surface area contributed by atoms with Crippen LogP contribution in [0.25, 0.3) is 0 Å². The molecule has 1 rings (SSSR count). The van der Waals surface area contributed by atoms with Crippen molar-refractivity contribution in [1.29, 1.82) is 0 Å². The van der Waals surface area contributed by atoms with Crippen molar-refractivity contribution < 1.29 is 18.7 Å². The highest BCUT2D eigenvalue weighted by Gasteiger charge is 2.17. The van der Waals surface area contributed by atoms with Gasteiger partial charge in [0.25, 0.3) is 6.43 Å². The molecule has 0 aromatic carbocycles. The maximum Gasteiger partial charge on any atom is 0.309 e. The molecule has 15 heavy (non-hydrogen) atoms. The fraction of sp³-hybridized carbons (Fsp3) is 0.250. The monoisotopic (exact) mass is 255 g/mol. The third-order valence-corrected chi connectivity index (χ3v) is 2.36. The summed E-state index contributed by atoms with van der Waals surface area (Å²) in [4.78, 5) is 13.8. The van der Waals surface area contributed by atoms with Gasteiger partial charge in [-0.05, 0) is 6.07 Å². The highest BCUT2D eigenvalue weighted by molar-refractivity contribution is 6.42. The van der Waals surface area contributed by atoms with Gasteiger partial charge in [-0.1, -0.05) is 23.2 Å². The summed E-state index contributed by atoms with van der Waals surface area (Å²) >= 11 is 11.2. The number of aliphatic carboxylic acids is 1. The van der Waals surface area contributed by atoms with Crippen LogP contribution in [-0.4, -0.2) is 16.1 Å². The van der Waals surface area contributed by atoms with E-state index in [2.05, 4.69) is 4.98 Å². The molecule has 1 aromatic rings. The predicted molar refractivity (Wildman–Crippen MR) is 50.6 cm³/mol. The molecule has 7 heteroatoms. The van der Waals surface area contributed by atoms with E-state index in [1.165, 1.54) is 0 Å². The second kappa shape index (κ2) is 4.72. The van der Waals surface area contributed by atoms with E-state index in [1.54, 1.807) is 0 Å². The van der Waals surface area contributed by atoms with Crippen molar-refractivity contribution in [2.75, 3.05) is 0 Å². The molecular weight excluding hydrogens is 251 g/mol. The van der Waals surface area contributed by atoms with Crippen LogP contribution in [0.15, 0.2) is 6.07 Å². The standard InChI is InChI=1S/C8H5Cl2F2NO2/c9-3-1-5(8(11)12)13-4(7(3)10)2-6(14)15/h1,8H,2H2,(H,14,15). The average Bonchev–Trinajstić information content (AvgIpc) is 2.11. The third kappa shape index (κ3) is 3.00. The molecule has 0 atom stereocenters. The van der Waals surface area contributed by atoms with Gasteiger partial charge in [0.2, 0.25) is 0 Å². The largest absolute Gasteiger partial charge is 0.481 e. The second-order valence-corrected chi connectivity index (χ2v) is 3.45. The quantitative estimate of drug-likeness (QED) is 0.904. The summed E-state index contributed by atoms with van der Waals surface area (Å²) in [5.41, 5.74) is -0.743. The topological polar surface area (TPSA) is 50.2 Å². The van der Waals surface area contributed by atoms with Gasteiger partial charge in [-0.2, -0.15) is 0 Å². The lowest BCUT2D eigenvalue weighted by atomic mass is 10.2. The summed E-state index contributed by atoms with van der Waals surface area (Å²) in [6, 6.07) is 0.917. The van der Waals surface area contributed by atoms with Crippen molar-refractivity contribution in [1.82, 2.24) is 4.98 Å². The van der Waals surface area contributed by atoms with Crippen LogP contribution in [0.4, 0.5) is 8.78 Å². The Morgan fingerprint density at radius 2 is 2.13 bits per heavy atom. The van der Waals surface area contributed by atoms with Gasteiger partial charge in [-0.3, -0.25) is 4.79 Å². The SMILES string of the molecule is O=C(O)Cc1nc(C(F)F)cc(Cl)c1Cl. The number of hydrogen-bond acceptors (Lipinski definition) is 2. The van der Waals surface area contributed by atoms with E-state index in [9.17, 15) is 13.6 Å². The minimum Gasteiger partial charge on any atom is -0.481 e. The van der Waals surface area contributed by atoms with E-state index in [0.717, 1.165) is 6.07 Å². The lowest BCUT2D eigenvalue weighted by Gasteiger charge is -2.06. The van der Waals surface area contributed by atoms with Crippen molar-refractivity contribution in [3.63, 3.8) is 0 Å². The molecule has 1 heterocycles. The molecule has 82 valence electrons. The first-order valence-electron chi connectivity index (χ1n) is 3.76. The molecule has 0 radical (unpaired) electrons. The summed E-state index contributed by atoms with van der Waals surface area (Å²) in [7, 11) is 0. The molecule has 0 fully saturated rings. The summed E-state index contributed by atoms with van der Waals surface area (Å²) in [6.45, 7) is 0. The summed E-state index contributed by atoms with van der Waals surface area (Å²) in [5, 5.41) is 8.25. The maximum absolute atomic E-state index is 12.3. The summed E-state index contributed by atoms with van der Waals surface area (Å²) in [5.74, 6) is -1.22. The Morgan fingerprint density at radius 3 is 2.60 bits per heavy atom. The first-order valence-corrected chi connectivity index (χ1v) is 4.52. The Bertz CT molecular complexity index is 398. The van der Waals surface area contributed by atoms with Crippen molar-refractivity contribution in [2.24, 2.45) is 0 Å². The number of halogens is 4. The van der Waals surface area contributed by atoms with E-state index < -0.39 is 24.5 Å². The number of carboxylic acid groups (broad SMARTS) is 1. The fourth-order valence-electron chi connectivity index (χ4n) is 0.940. The molecule has 0 saturated carbocycles. The number of hydrogen-bond donors (Lipinski definition) is 1. The molecule has 1 N–H and O–H groups in total. The van der Waals surface area contributed by atoms with Gasteiger partial charge in [0.05, 0.1) is 22.2 Å². The van der Waals surface area contributed by atoms with E-state index in [1.807, 2.05) is 0 Å². The minimum atomic E-state index is -2.81. The number of alkyl halides is 2. The number of rotatable bonds is 3. The van der Waals surface area contributed by atoms with Gasteiger partial charge in [0.1, 0.15) is 5.69 Å². The molecule has 0 aliphatic rings.